The van der Waals surface area contributed by atoms with Gasteiger partial charge in [0, 0.05) is 12.5 Å². The standard InChI is InChI=1S/C17H18O2/c18-12-14-6-4-5-13-11-16(9-10-17(13)14)19-15-7-2-1-3-8-15/h1-3,7-11,14,18H,4-6,12H2. The highest BCUT2D eigenvalue weighted by Crippen LogP contribution is 2.34. The topological polar surface area (TPSA) is 29.5 Å². The first-order valence-corrected chi connectivity index (χ1v) is 6.83. The van der Waals surface area contributed by atoms with Crippen molar-refractivity contribution in [2.24, 2.45) is 0 Å². The number of ether oxygens (including phenoxy) is 1. The third-order valence-electron chi connectivity index (χ3n) is 3.75. The molecule has 0 fully saturated rings. The van der Waals surface area contributed by atoms with E-state index in [4.69, 9.17) is 4.74 Å². The Hall–Kier alpha value is -1.80. The molecule has 0 radical (unpaired) electrons. The van der Waals surface area contributed by atoms with E-state index in [0.29, 0.717) is 5.92 Å². The molecule has 0 bridgehead atoms. The summed E-state index contributed by atoms with van der Waals surface area (Å²) >= 11 is 0. The second-order valence-corrected chi connectivity index (χ2v) is 5.05. The predicted octanol–water partition coefficient (Wildman–Crippen LogP) is 3.89. The van der Waals surface area contributed by atoms with Gasteiger partial charge in [0.15, 0.2) is 0 Å². The van der Waals surface area contributed by atoms with Crippen LogP contribution < -0.4 is 4.74 Å². The van der Waals surface area contributed by atoms with Crippen LogP contribution in [0.15, 0.2) is 48.5 Å². The van der Waals surface area contributed by atoms with Gasteiger partial charge in [-0.1, -0.05) is 24.3 Å². The molecule has 1 atom stereocenters. The highest BCUT2D eigenvalue weighted by molar-refractivity contribution is 5.41. The quantitative estimate of drug-likeness (QED) is 0.900. The van der Waals surface area contributed by atoms with Crippen molar-refractivity contribution in [1.82, 2.24) is 0 Å². The molecule has 1 N–H and O–H groups in total. The maximum atomic E-state index is 9.41. The van der Waals surface area contributed by atoms with Crippen molar-refractivity contribution < 1.29 is 9.84 Å². The zero-order chi connectivity index (χ0) is 13.1. The van der Waals surface area contributed by atoms with Crippen LogP contribution in [0.3, 0.4) is 0 Å². The van der Waals surface area contributed by atoms with Crippen LogP contribution >= 0.6 is 0 Å². The lowest BCUT2D eigenvalue weighted by atomic mass is 9.83. The molecule has 0 aliphatic heterocycles. The summed E-state index contributed by atoms with van der Waals surface area (Å²) < 4.78 is 5.85. The summed E-state index contributed by atoms with van der Waals surface area (Å²) in [5.41, 5.74) is 2.60. The maximum absolute atomic E-state index is 9.41. The number of hydrogen-bond donors (Lipinski definition) is 1. The van der Waals surface area contributed by atoms with E-state index in [2.05, 4.69) is 12.1 Å². The number of para-hydroxylation sites is 1. The summed E-state index contributed by atoms with van der Waals surface area (Å²) in [5.74, 6) is 2.04. The maximum Gasteiger partial charge on any atom is 0.127 e. The van der Waals surface area contributed by atoms with Crippen LogP contribution in [0.1, 0.15) is 29.9 Å². The Kier molecular flexibility index (Phi) is 3.51. The molecule has 0 spiro atoms. The second-order valence-electron chi connectivity index (χ2n) is 5.05. The SMILES string of the molecule is OCC1CCCc2cc(Oc3ccccc3)ccc21. The summed E-state index contributed by atoms with van der Waals surface area (Å²) in [6, 6.07) is 16.0. The second kappa shape index (κ2) is 5.45. The fourth-order valence-electron chi connectivity index (χ4n) is 2.77. The van der Waals surface area contributed by atoms with Crippen molar-refractivity contribution in [3.63, 3.8) is 0 Å². The lowest BCUT2D eigenvalue weighted by molar-refractivity contribution is 0.253. The molecule has 2 aromatic carbocycles. The third-order valence-corrected chi connectivity index (χ3v) is 3.75. The van der Waals surface area contributed by atoms with E-state index >= 15 is 0 Å². The Bertz CT molecular complexity index is 548. The van der Waals surface area contributed by atoms with Crippen molar-refractivity contribution in [3.8, 4) is 11.5 Å². The summed E-state index contributed by atoms with van der Waals surface area (Å²) in [7, 11) is 0. The first-order chi connectivity index (χ1) is 9.36. The van der Waals surface area contributed by atoms with Gasteiger partial charge in [0.05, 0.1) is 0 Å². The van der Waals surface area contributed by atoms with Crippen LogP contribution in [0.4, 0.5) is 0 Å². The van der Waals surface area contributed by atoms with E-state index in [0.717, 1.165) is 30.8 Å². The first-order valence-electron chi connectivity index (χ1n) is 6.83. The molecule has 0 heterocycles. The highest BCUT2D eigenvalue weighted by atomic mass is 16.5. The Morgan fingerprint density at radius 1 is 1.05 bits per heavy atom. The van der Waals surface area contributed by atoms with Gasteiger partial charge in [-0.2, -0.15) is 0 Å². The average Bonchev–Trinajstić information content (AvgIpc) is 2.47. The molecule has 0 aromatic heterocycles. The predicted molar refractivity (Wildman–Crippen MR) is 75.7 cm³/mol. The summed E-state index contributed by atoms with van der Waals surface area (Å²) in [5, 5.41) is 9.41. The number of fused-ring (bicyclic) bond motifs is 1. The monoisotopic (exact) mass is 254 g/mol. The average molecular weight is 254 g/mol. The number of benzene rings is 2. The molecule has 0 saturated carbocycles. The van der Waals surface area contributed by atoms with Crippen LogP contribution in [0.2, 0.25) is 0 Å². The fraction of sp³-hybridized carbons (Fsp3) is 0.294. The first kappa shape index (κ1) is 12.2. The zero-order valence-corrected chi connectivity index (χ0v) is 10.9. The summed E-state index contributed by atoms with van der Waals surface area (Å²) in [6.45, 7) is 0.242. The van der Waals surface area contributed by atoms with E-state index in [9.17, 15) is 5.11 Å². The van der Waals surface area contributed by atoms with Crippen molar-refractivity contribution in [1.29, 1.82) is 0 Å². The van der Waals surface area contributed by atoms with Crippen LogP contribution in [-0.2, 0) is 6.42 Å². The van der Waals surface area contributed by atoms with Crippen LogP contribution in [-0.4, -0.2) is 11.7 Å². The summed E-state index contributed by atoms with van der Waals surface area (Å²) in [6.07, 6.45) is 3.31. The van der Waals surface area contributed by atoms with Crippen LogP contribution in [0.5, 0.6) is 11.5 Å². The Balaban J connectivity index is 1.85. The molecule has 0 amide bonds. The normalized spacial score (nSPS) is 17.8. The largest absolute Gasteiger partial charge is 0.457 e. The van der Waals surface area contributed by atoms with Gasteiger partial charge in [0.2, 0.25) is 0 Å². The van der Waals surface area contributed by atoms with Crippen LogP contribution in [0.25, 0.3) is 0 Å². The van der Waals surface area contributed by atoms with Crippen LogP contribution in [0, 0.1) is 0 Å². The van der Waals surface area contributed by atoms with Gasteiger partial charge in [0.25, 0.3) is 0 Å². The zero-order valence-electron chi connectivity index (χ0n) is 10.9. The van der Waals surface area contributed by atoms with Crippen molar-refractivity contribution in [2.45, 2.75) is 25.2 Å². The minimum absolute atomic E-state index is 0.242. The Morgan fingerprint density at radius 2 is 1.89 bits per heavy atom. The van der Waals surface area contributed by atoms with E-state index in [1.807, 2.05) is 36.4 Å². The fourth-order valence-corrected chi connectivity index (χ4v) is 2.77. The molecule has 98 valence electrons. The van der Waals surface area contributed by atoms with E-state index in [1.165, 1.54) is 11.1 Å². The smallest absolute Gasteiger partial charge is 0.127 e. The number of hydrogen-bond acceptors (Lipinski definition) is 2. The molecule has 2 aromatic rings. The summed E-state index contributed by atoms with van der Waals surface area (Å²) in [4.78, 5) is 0. The number of aliphatic hydroxyl groups is 1. The van der Waals surface area contributed by atoms with E-state index in [-0.39, 0.29) is 6.61 Å². The van der Waals surface area contributed by atoms with E-state index < -0.39 is 0 Å². The molecular weight excluding hydrogens is 236 g/mol. The molecule has 2 nitrogen and oxygen atoms in total. The minimum atomic E-state index is 0.242. The third kappa shape index (κ3) is 2.64. The molecule has 3 rings (SSSR count). The van der Waals surface area contributed by atoms with Gasteiger partial charge in [-0.15, -0.1) is 0 Å². The van der Waals surface area contributed by atoms with Gasteiger partial charge in [0.1, 0.15) is 11.5 Å². The molecule has 19 heavy (non-hydrogen) atoms. The van der Waals surface area contributed by atoms with Gasteiger partial charge < -0.3 is 9.84 Å². The lowest BCUT2D eigenvalue weighted by Crippen LogP contribution is -2.12. The van der Waals surface area contributed by atoms with Gasteiger partial charge in [-0.25, -0.2) is 0 Å². The molecular formula is C17H18O2. The van der Waals surface area contributed by atoms with E-state index in [1.54, 1.807) is 0 Å². The minimum Gasteiger partial charge on any atom is -0.457 e. The molecule has 1 unspecified atom stereocenters. The number of aryl methyl sites for hydroxylation is 1. The van der Waals surface area contributed by atoms with Gasteiger partial charge in [-0.3, -0.25) is 0 Å². The molecule has 0 saturated heterocycles. The van der Waals surface area contributed by atoms with Gasteiger partial charge >= 0.3 is 0 Å². The Labute approximate surface area is 113 Å². The molecule has 2 heteroatoms. The van der Waals surface area contributed by atoms with Gasteiger partial charge in [-0.05, 0) is 54.7 Å². The highest BCUT2D eigenvalue weighted by Gasteiger charge is 2.19. The van der Waals surface area contributed by atoms with Crippen molar-refractivity contribution in [3.05, 3.63) is 59.7 Å². The number of rotatable bonds is 3. The molecule has 1 aliphatic rings. The number of aliphatic hydroxyl groups excluding tert-OH is 1. The lowest BCUT2D eigenvalue weighted by Gasteiger charge is -2.24. The molecule has 1 aliphatic carbocycles. The van der Waals surface area contributed by atoms with Crippen molar-refractivity contribution in [2.75, 3.05) is 6.61 Å². The van der Waals surface area contributed by atoms with Crippen molar-refractivity contribution >= 4 is 0 Å². The Morgan fingerprint density at radius 3 is 2.68 bits per heavy atom.